The first-order valence-electron chi connectivity index (χ1n) is 9.65. The van der Waals surface area contributed by atoms with Gasteiger partial charge in [-0.1, -0.05) is 46.3 Å². The molecule has 2 aromatic rings. The predicted octanol–water partition coefficient (Wildman–Crippen LogP) is 4.69. The summed E-state index contributed by atoms with van der Waals surface area (Å²) in [5.74, 6) is 0.965. The van der Waals surface area contributed by atoms with Crippen LogP contribution in [0.3, 0.4) is 0 Å². The minimum atomic E-state index is -0.456. The first kappa shape index (κ1) is 21.4. The number of methoxy groups -OCH3 is 1. The van der Waals surface area contributed by atoms with E-state index in [4.69, 9.17) is 14.2 Å². The van der Waals surface area contributed by atoms with Gasteiger partial charge in [0.25, 0.3) is 5.91 Å². The number of hydrogen-bond donors (Lipinski definition) is 1. The lowest BCUT2D eigenvalue weighted by Crippen LogP contribution is -2.50. The van der Waals surface area contributed by atoms with Crippen molar-refractivity contribution in [1.82, 2.24) is 5.32 Å². The monoisotopic (exact) mass is 459 g/mol. The Hall–Kier alpha value is -2.31. The van der Waals surface area contributed by atoms with E-state index in [1.807, 2.05) is 55.5 Å². The van der Waals surface area contributed by atoms with Gasteiger partial charge in [0.2, 0.25) is 0 Å². The molecule has 29 heavy (non-hydrogen) atoms. The van der Waals surface area contributed by atoms with Crippen LogP contribution in [0.2, 0.25) is 0 Å². The number of halogens is 1. The number of hydrogen-bond acceptors (Lipinski definition) is 4. The lowest BCUT2D eigenvalue weighted by Gasteiger charge is -2.38. The van der Waals surface area contributed by atoms with E-state index in [2.05, 4.69) is 27.3 Å². The molecule has 0 spiro atoms. The van der Waals surface area contributed by atoms with Gasteiger partial charge in [0, 0.05) is 17.7 Å². The highest BCUT2D eigenvalue weighted by Gasteiger charge is 2.36. The van der Waals surface area contributed by atoms with Crippen LogP contribution >= 0.6 is 15.9 Å². The lowest BCUT2D eigenvalue weighted by atomic mass is 9.82. The van der Waals surface area contributed by atoms with Gasteiger partial charge < -0.3 is 19.5 Å². The van der Waals surface area contributed by atoms with Crippen LogP contribution in [0.1, 0.15) is 30.9 Å². The van der Waals surface area contributed by atoms with Gasteiger partial charge in [-0.3, -0.25) is 4.79 Å². The molecular weight excluding hydrogens is 434 g/mol. The van der Waals surface area contributed by atoms with Crippen molar-refractivity contribution in [3.8, 4) is 11.5 Å². The Morgan fingerprint density at radius 2 is 2.00 bits per heavy atom. The summed E-state index contributed by atoms with van der Waals surface area (Å²) < 4.78 is 17.7. The molecule has 5 nitrogen and oxygen atoms in total. The van der Waals surface area contributed by atoms with Crippen molar-refractivity contribution in [2.45, 2.75) is 25.3 Å². The molecule has 3 rings (SSSR count). The van der Waals surface area contributed by atoms with E-state index in [1.165, 1.54) is 0 Å². The van der Waals surface area contributed by atoms with Gasteiger partial charge in [0.05, 0.1) is 12.6 Å². The fraction of sp³-hybridized carbons (Fsp3) is 0.348. The minimum Gasteiger partial charge on any atom is -0.493 e. The maximum Gasteiger partial charge on any atom is 0.258 e. The molecule has 1 amide bonds. The molecule has 0 radical (unpaired) electrons. The summed E-state index contributed by atoms with van der Waals surface area (Å²) in [5.41, 5.74) is 1.62. The maximum absolute atomic E-state index is 12.8. The zero-order valence-electron chi connectivity index (χ0n) is 16.7. The second kappa shape index (κ2) is 9.94. The molecule has 0 atom stereocenters. The van der Waals surface area contributed by atoms with Crippen molar-refractivity contribution in [2.24, 2.45) is 0 Å². The number of amides is 1. The highest BCUT2D eigenvalue weighted by Crippen LogP contribution is 2.34. The number of rotatable bonds is 7. The highest BCUT2D eigenvalue weighted by atomic mass is 79.9. The van der Waals surface area contributed by atoms with Gasteiger partial charge in [0.15, 0.2) is 18.1 Å². The van der Waals surface area contributed by atoms with Gasteiger partial charge in [0.1, 0.15) is 0 Å². The summed E-state index contributed by atoms with van der Waals surface area (Å²) in [4.78, 5) is 12.8. The molecule has 0 unspecified atom stereocenters. The average Bonchev–Trinajstić information content (AvgIpc) is 2.73. The molecule has 2 aromatic carbocycles. The zero-order chi connectivity index (χ0) is 20.7. The topological polar surface area (TPSA) is 56.8 Å². The van der Waals surface area contributed by atoms with Crippen LogP contribution in [0, 0.1) is 0 Å². The summed E-state index contributed by atoms with van der Waals surface area (Å²) >= 11 is 3.53. The van der Waals surface area contributed by atoms with Gasteiger partial charge in [-0.2, -0.15) is 0 Å². The minimum absolute atomic E-state index is 0.0874. The molecule has 6 heteroatoms. The van der Waals surface area contributed by atoms with Gasteiger partial charge in [-0.15, -0.1) is 0 Å². The second-order valence-electron chi connectivity index (χ2n) is 6.95. The number of benzene rings is 2. The molecule has 1 aliphatic rings. The van der Waals surface area contributed by atoms with Crippen LogP contribution in [0.5, 0.6) is 11.5 Å². The van der Waals surface area contributed by atoms with Crippen LogP contribution < -0.4 is 14.8 Å². The summed E-state index contributed by atoms with van der Waals surface area (Å²) in [5, 5.41) is 3.20. The lowest BCUT2D eigenvalue weighted by molar-refractivity contribution is -0.126. The van der Waals surface area contributed by atoms with Crippen LogP contribution in [0.15, 0.2) is 53.0 Å². The van der Waals surface area contributed by atoms with Crippen LogP contribution in [-0.2, 0) is 15.1 Å². The molecule has 1 saturated heterocycles. The van der Waals surface area contributed by atoms with Crippen molar-refractivity contribution in [3.05, 3.63) is 64.1 Å². The number of nitrogens with one attached hydrogen (secondary N) is 1. The van der Waals surface area contributed by atoms with E-state index in [9.17, 15) is 4.79 Å². The Morgan fingerprint density at radius 1 is 1.21 bits per heavy atom. The number of carbonyl (C=O) groups is 1. The van der Waals surface area contributed by atoms with Gasteiger partial charge in [-0.25, -0.2) is 0 Å². The largest absolute Gasteiger partial charge is 0.493 e. The Kier molecular flexibility index (Phi) is 7.34. The van der Waals surface area contributed by atoms with E-state index in [0.717, 1.165) is 28.4 Å². The molecule has 154 valence electrons. The van der Waals surface area contributed by atoms with Crippen LogP contribution in [0.4, 0.5) is 0 Å². The number of ether oxygens (including phenoxy) is 3. The van der Waals surface area contributed by atoms with Gasteiger partial charge >= 0.3 is 0 Å². The predicted molar refractivity (Wildman–Crippen MR) is 117 cm³/mol. The molecule has 0 bridgehead atoms. The normalized spacial score (nSPS) is 15.8. The second-order valence-corrected chi connectivity index (χ2v) is 7.87. The van der Waals surface area contributed by atoms with Crippen LogP contribution in [0.25, 0.3) is 6.08 Å². The first-order valence-corrected chi connectivity index (χ1v) is 10.4. The molecular formula is C23H26BrNO4. The summed E-state index contributed by atoms with van der Waals surface area (Å²) in [7, 11) is 1.59. The fourth-order valence-electron chi connectivity index (χ4n) is 3.54. The number of allylic oxidation sites excluding steroid dienone is 1. The SMILES string of the molecule is C/C=C/c1ccc(OCC(=O)NC2(c3cccc(Br)c3)CCOCC2)c(OC)c1. The Balaban J connectivity index is 1.71. The molecule has 1 N–H and O–H groups in total. The summed E-state index contributed by atoms with van der Waals surface area (Å²) in [6, 6.07) is 13.7. The molecule has 1 aliphatic heterocycles. The highest BCUT2D eigenvalue weighted by molar-refractivity contribution is 9.10. The van der Waals surface area contributed by atoms with E-state index in [1.54, 1.807) is 7.11 Å². The van der Waals surface area contributed by atoms with Crippen molar-refractivity contribution >= 4 is 27.9 Å². The fourth-order valence-corrected chi connectivity index (χ4v) is 3.94. The quantitative estimate of drug-likeness (QED) is 0.652. The third-order valence-corrected chi connectivity index (χ3v) is 5.50. The molecule has 1 fully saturated rings. The molecule has 0 aromatic heterocycles. The summed E-state index contributed by atoms with van der Waals surface area (Å²) in [6.07, 6.45) is 5.37. The smallest absolute Gasteiger partial charge is 0.258 e. The molecule has 0 saturated carbocycles. The Bertz CT molecular complexity index is 875. The molecule has 1 heterocycles. The standard InChI is InChI=1S/C23H26BrNO4/c1-3-5-17-8-9-20(21(14-17)27-2)29-16-22(26)25-23(10-12-28-13-11-23)18-6-4-7-19(24)15-18/h3-9,14-15H,10-13,16H2,1-2H3,(H,25,26)/b5-3+. The third-order valence-electron chi connectivity index (χ3n) is 5.01. The Labute approximate surface area is 180 Å². The average molecular weight is 460 g/mol. The van der Waals surface area contributed by atoms with Gasteiger partial charge in [-0.05, 0) is 55.2 Å². The third kappa shape index (κ3) is 5.40. The van der Waals surface area contributed by atoms with Crippen LogP contribution in [-0.4, -0.2) is 32.8 Å². The maximum atomic E-state index is 12.8. The Morgan fingerprint density at radius 3 is 2.69 bits per heavy atom. The van der Waals surface area contributed by atoms with Crippen molar-refractivity contribution in [2.75, 3.05) is 26.9 Å². The van der Waals surface area contributed by atoms with E-state index in [0.29, 0.717) is 24.7 Å². The van der Waals surface area contributed by atoms with Crippen molar-refractivity contribution < 1.29 is 19.0 Å². The van der Waals surface area contributed by atoms with E-state index in [-0.39, 0.29) is 12.5 Å². The van der Waals surface area contributed by atoms with Crippen molar-refractivity contribution in [3.63, 3.8) is 0 Å². The van der Waals surface area contributed by atoms with E-state index >= 15 is 0 Å². The summed E-state index contributed by atoms with van der Waals surface area (Å²) in [6.45, 7) is 3.08. The van der Waals surface area contributed by atoms with Crippen molar-refractivity contribution in [1.29, 1.82) is 0 Å². The first-order chi connectivity index (χ1) is 14.1. The zero-order valence-corrected chi connectivity index (χ0v) is 18.3. The number of carbonyl (C=O) groups excluding carboxylic acids is 1. The van der Waals surface area contributed by atoms with E-state index < -0.39 is 5.54 Å². The molecule has 0 aliphatic carbocycles.